The van der Waals surface area contributed by atoms with Gasteiger partial charge in [0.05, 0.1) is 10.7 Å². The van der Waals surface area contributed by atoms with Gasteiger partial charge in [0.25, 0.3) is 0 Å². The summed E-state index contributed by atoms with van der Waals surface area (Å²) in [6.07, 6.45) is -0.769. The smallest absolute Gasteiger partial charge is 0.412 e. The summed E-state index contributed by atoms with van der Waals surface area (Å²) < 4.78 is 5.45. The third-order valence-corrected chi connectivity index (χ3v) is 3.73. The molecule has 2 aromatic carbocycles. The van der Waals surface area contributed by atoms with E-state index in [2.05, 4.69) is 21.2 Å². The Kier molecular flexibility index (Phi) is 5.41. The maximum Gasteiger partial charge on any atom is 0.412 e. The normalized spacial score (nSPS) is 10.1. The second-order valence-corrected chi connectivity index (χ2v) is 5.53. The van der Waals surface area contributed by atoms with Crippen molar-refractivity contribution in [1.82, 2.24) is 0 Å². The Bertz CT molecular complexity index is 706. The average Bonchev–Trinajstić information content (AvgIpc) is 2.49. The Hall–Kier alpha value is -2.05. The van der Waals surface area contributed by atoms with E-state index in [4.69, 9.17) is 16.3 Å². The van der Waals surface area contributed by atoms with Crippen molar-refractivity contribution in [2.45, 2.75) is 6.61 Å². The number of rotatable bonds is 4. The Morgan fingerprint density at radius 3 is 2.50 bits per heavy atom. The number of halogens is 2. The highest BCUT2D eigenvalue weighted by atomic mass is 79.9. The van der Waals surface area contributed by atoms with Crippen LogP contribution in [-0.4, -0.2) is 17.2 Å². The Morgan fingerprint density at radius 2 is 1.86 bits per heavy atom. The molecule has 0 bridgehead atoms. The van der Waals surface area contributed by atoms with Crippen LogP contribution in [0.15, 0.2) is 46.9 Å². The van der Waals surface area contributed by atoms with Gasteiger partial charge in [-0.1, -0.05) is 41.9 Å². The fraction of sp³-hybridized carbons (Fsp3) is 0.0667. The topological polar surface area (TPSA) is 75.6 Å². The third-order valence-electron chi connectivity index (χ3n) is 2.76. The van der Waals surface area contributed by atoms with Crippen LogP contribution in [0.2, 0.25) is 5.02 Å². The van der Waals surface area contributed by atoms with Gasteiger partial charge in [0, 0.05) is 4.47 Å². The molecule has 5 nitrogen and oxygen atoms in total. The van der Waals surface area contributed by atoms with E-state index in [1.807, 2.05) is 30.3 Å². The predicted molar refractivity (Wildman–Crippen MR) is 86.4 cm³/mol. The molecule has 0 aliphatic carbocycles. The number of ether oxygens (including phenoxy) is 1. The van der Waals surface area contributed by atoms with E-state index in [0.717, 1.165) is 5.56 Å². The summed E-state index contributed by atoms with van der Waals surface area (Å²) in [4.78, 5) is 23.1. The minimum absolute atomic E-state index is 0.0223. The van der Waals surface area contributed by atoms with Gasteiger partial charge in [-0.05, 0) is 33.6 Å². The van der Waals surface area contributed by atoms with Crippen molar-refractivity contribution in [3.05, 3.63) is 63.1 Å². The molecule has 0 aromatic heterocycles. The molecule has 0 aliphatic rings. The lowest BCUT2D eigenvalue weighted by Gasteiger charge is -2.12. The predicted octanol–water partition coefficient (Wildman–Crippen LogP) is 4.55. The molecule has 0 unspecified atom stereocenters. The zero-order valence-electron chi connectivity index (χ0n) is 11.2. The number of hydrogen-bond acceptors (Lipinski definition) is 3. The summed E-state index contributed by atoms with van der Waals surface area (Å²) in [7, 11) is 0. The standard InChI is InChI=1S/C15H11BrClNO4/c16-10-6-7-11(17)12(14(19)20)13(10)18-15(21)22-8-9-4-2-1-3-5-9/h1-7H,8H2,(H,18,21)(H,19,20). The molecule has 2 N–H and O–H groups in total. The lowest BCUT2D eigenvalue weighted by atomic mass is 10.2. The van der Waals surface area contributed by atoms with Crippen molar-refractivity contribution < 1.29 is 19.4 Å². The van der Waals surface area contributed by atoms with Crippen LogP contribution in [0.1, 0.15) is 15.9 Å². The van der Waals surface area contributed by atoms with E-state index in [9.17, 15) is 14.7 Å². The highest BCUT2D eigenvalue weighted by Crippen LogP contribution is 2.32. The Morgan fingerprint density at radius 1 is 1.18 bits per heavy atom. The first kappa shape index (κ1) is 16.3. The number of amides is 1. The average molecular weight is 385 g/mol. The van der Waals surface area contributed by atoms with Crippen molar-refractivity contribution in [3.63, 3.8) is 0 Å². The van der Waals surface area contributed by atoms with E-state index >= 15 is 0 Å². The minimum Gasteiger partial charge on any atom is -0.478 e. The van der Waals surface area contributed by atoms with Crippen molar-refractivity contribution in [2.75, 3.05) is 5.32 Å². The van der Waals surface area contributed by atoms with Crippen LogP contribution in [0.5, 0.6) is 0 Å². The molecule has 0 atom stereocenters. The van der Waals surface area contributed by atoms with Crippen LogP contribution < -0.4 is 5.32 Å². The van der Waals surface area contributed by atoms with Crippen molar-refractivity contribution in [2.24, 2.45) is 0 Å². The second-order valence-electron chi connectivity index (χ2n) is 4.27. The highest BCUT2D eigenvalue weighted by Gasteiger charge is 2.19. The molecular weight excluding hydrogens is 374 g/mol. The molecular formula is C15H11BrClNO4. The summed E-state index contributed by atoms with van der Waals surface area (Å²) >= 11 is 9.04. The van der Waals surface area contributed by atoms with Gasteiger partial charge in [-0.15, -0.1) is 0 Å². The summed E-state index contributed by atoms with van der Waals surface area (Å²) in [6.45, 7) is 0.0766. The molecule has 22 heavy (non-hydrogen) atoms. The number of hydrogen-bond donors (Lipinski definition) is 2. The summed E-state index contributed by atoms with van der Waals surface area (Å²) in [5.74, 6) is -1.25. The Balaban J connectivity index is 2.12. The summed E-state index contributed by atoms with van der Waals surface area (Å²) in [6, 6.07) is 12.1. The molecule has 114 valence electrons. The number of carboxylic acids is 1. The highest BCUT2D eigenvalue weighted by molar-refractivity contribution is 9.10. The molecule has 2 rings (SSSR count). The van der Waals surface area contributed by atoms with Gasteiger partial charge >= 0.3 is 12.1 Å². The van der Waals surface area contributed by atoms with Crippen LogP contribution in [0, 0.1) is 0 Å². The van der Waals surface area contributed by atoms with E-state index in [0.29, 0.717) is 4.47 Å². The number of anilines is 1. The molecule has 0 spiro atoms. The van der Waals surface area contributed by atoms with E-state index in [1.165, 1.54) is 6.07 Å². The fourth-order valence-electron chi connectivity index (χ4n) is 1.74. The number of nitrogens with one attached hydrogen (secondary N) is 1. The molecule has 1 amide bonds. The van der Waals surface area contributed by atoms with Gasteiger partial charge < -0.3 is 9.84 Å². The molecule has 0 saturated carbocycles. The van der Waals surface area contributed by atoms with Gasteiger partial charge in [0.2, 0.25) is 0 Å². The molecule has 2 aromatic rings. The van der Waals surface area contributed by atoms with Gasteiger partial charge in [-0.25, -0.2) is 9.59 Å². The van der Waals surface area contributed by atoms with E-state index in [1.54, 1.807) is 6.07 Å². The van der Waals surface area contributed by atoms with Crippen LogP contribution in [0.25, 0.3) is 0 Å². The summed E-state index contributed by atoms with van der Waals surface area (Å²) in [5, 5.41) is 11.6. The molecule has 0 radical (unpaired) electrons. The SMILES string of the molecule is O=C(Nc1c(Br)ccc(Cl)c1C(=O)O)OCc1ccccc1. The third kappa shape index (κ3) is 3.99. The van der Waals surface area contributed by atoms with Crippen LogP contribution in [0.3, 0.4) is 0 Å². The van der Waals surface area contributed by atoms with Gasteiger partial charge in [0.1, 0.15) is 12.2 Å². The maximum absolute atomic E-state index is 11.8. The van der Waals surface area contributed by atoms with Gasteiger partial charge in [0.15, 0.2) is 0 Å². The van der Waals surface area contributed by atoms with Gasteiger partial charge in [-0.3, -0.25) is 5.32 Å². The van der Waals surface area contributed by atoms with Crippen LogP contribution in [-0.2, 0) is 11.3 Å². The molecule has 0 heterocycles. The molecule has 0 saturated heterocycles. The zero-order valence-corrected chi connectivity index (χ0v) is 13.5. The lowest BCUT2D eigenvalue weighted by Crippen LogP contribution is -2.16. The molecule has 0 fully saturated rings. The van der Waals surface area contributed by atoms with E-state index in [-0.39, 0.29) is 22.9 Å². The van der Waals surface area contributed by atoms with Crippen molar-refractivity contribution >= 4 is 45.3 Å². The van der Waals surface area contributed by atoms with Gasteiger partial charge in [-0.2, -0.15) is 0 Å². The molecule has 7 heteroatoms. The largest absolute Gasteiger partial charge is 0.478 e. The number of aromatic carboxylic acids is 1. The fourth-order valence-corrected chi connectivity index (χ4v) is 2.41. The number of benzene rings is 2. The van der Waals surface area contributed by atoms with Crippen molar-refractivity contribution in [1.29, 1.82) is 0 Å². The van der Waals surface area contributed by atoms with Crippen LogP contribution >= 0.6 is 27.5 Å². The Labute approximate surface area is 140 Å². The first-order chi connectivity index (χ1) is 10.5. The first-order valence-corrected chi connectivity index (χ1v) is 7.35. The minimum atomic E-state index is -1.25. The quantitative estimate of drug-likeness (QED) is 0.811. The van der Waals surface area contributed by atoms with E-state index < -0.39 is 12.1 Å². The second kappa shape index (κ2) is 7.29. The maximum atomic E-state index is 11.8. The van der Waals surface area contributed by atoms with Crippen molar-refractivity contribution in [3.8, 4) is 0 Å². The first-order valence-electron chi connectivity index (χ1n) is 6.18. The summed E-state index contributed by atoms with van der Waals surface area (Å²) in [5.41, 5.74) is 0.673. The van der Waals surface area contributed by atoms with Crippen LogP contribution in [0.4, 0.5) is 10.5 Å². The zero-order chi connectivity index (χ0) is 16.1. The monoisotopic (exact) mass is 383 g/mol. The lowest BCUT2D eigenvalue weighted by molar-refractivity contribution is 0.0698. The number of carbonyl (C=O) groups is 2. The number of carboxylic acid groups (broad SMARTS) is 1. The molecule has 0 aliphatic heterocycles. The number of carbonyl (C=O) groups excluding carboxylic acids is 1.